The lowest BCUT2D eigenvalue weighted by Gasteiger charge is -2.31. The van der Waals surface area contributed by atoms with Crippen LogP contribution in [0, 0.1) is 12.8 Å². The number of likely N-dealkylation sites (tertiary alicyclic amines) is 1. The molecule has 2 heterocycles. The van der Waals surface area contributed by atoms with E-state index in [9.17, 15) is 9.59 Å². The van der Waals surface area contributed by atoms with Gasteiger partial charge in [0, 0.05) is 38.4 Å². The van der Waals surface area contributed by atoms with Crippen LogP contribution in [0.3, 0.4) is 0 Å². The lowest BCUT2D eigenvalue weighted by Crippen LogP contribution is -2.44. The number of rotatable bonds is 7. The maximum absolute atomic E-state index is 12.1. The van der Waals surface area contributed by atoms with Crippen molar-refractivity contribution in [1.29, 1.82) is 0 Å². The highest BCUT2D eigenvalue weighted by molar-refractivity contribution is 8.01. The topological polar surface area (TPSA) is 84.4 Å². The quantitative estimate of drug-likeness (QED) is 0.577. The Hall–Kier alpha value is -1.19. The predicted octanol–water partition coefficient (Wildman–Crippen LogP) is 0.940. The summed E-state index contributed by atoms with van der Waals surface area (Å²) in [6, 6.07) is 0. The second-order valence-corrected chi connectivity index (χ2v) is 7.84. The lowest BCUT2D eigenvalue weighted by atomic mass is 9.96. The molecular formula is C14H22N4O3S2. The Kier molecular flexibility index (Phi) is 7.25. The van der Waals surface area contributed by atoms with Crippen molar-refractivity contribution in [2.24, 2.45) is 5.92 Å². The van der Waals surface area contributed by atoms with Crippen molar-refractivity contribution in [3.63, 3.8) is 0 Å². The number of carbonyl (C=O) groups is 2. The molecule has 1 aliphatic heterocycles. The number of carbonyl (C=O) groups excluding carboxylic acids is 2. The molecule has 2 amide bonds. The summed E-state index contributed by atoms with van der Waals surface area (Å²) in [5, 5.41) is 11.9. The molecule has 0 aliphatic carbocycles. The maximum atomic E-state index is 12.1. The van der Waals surface area contributed by atoms with Gasteiger partial charge in [0.05, 0.1) is 0 Å². The Morgan fingerprint density at radius 2 is 2.13 bits per heavy atom. The molecule has 1 aliphatic rings. The molecule has 0 atom stereocenters. The third kappa shape index (κ3) is 5.74. The zero-order chi connectivity index (χ0) is 16.7. The van der Waals surface area contributed by atoms with Crippen molar-refractivity contribution in [2.45, 2.75) is 24.1 Å². The second-order valence-electron chi connectivity index (χ2n) is 5.31. The monoisotopic (exact) mass is 358 g/mol. The smallest absolute Gasteiger partial charge is 0.248 e. The SMILES string of the molecule is COCC(=O)N1CCC(C(=O)NCCSc2nnc(C)s2)CC1. The van der Waals surface area contributed by atoms with Crippen LogP contribution in [0.2, 0.25) is 0 Å². The second kappa shape index (κ2) is 9.19. The average Bonchev–Trinajstić information content (AvgIpc) is 2.97. The molecule has 0 unspecified atom stereocenters. The number of piperidine rings is 1. The van der Waals surface area contributed by atoms with Gasteiger partial charge in [-0.25, -0.2) is 0 Å². The number of hydrogen-bond donors (Lipinski definition) is 1. The zero-order valence-corrected chi connectivity index (χ0v) is 15.0. The number of ether oxygens (including phenoxy) is 1. The molecule has 2 rings (SSSR count). The van der Waals surface area contributed by atoms with Gasteiger partial charge < -0.3 is 15.0 Å². The van der Waals surface area contributed by atoms with E-state index in [2.05, 4.69) is 15.5 Å². The molecule has 0 spiro atoms. The van der Waals surface area contributed by atoms with E-state index < -0.39 is 0 Å². The molecule has 1 aromatic rings. The summed E-state index contributed by atoms with van der Waals surface area (Å²) in [6.45, 7) is 3.90. The third-order valence-electron chi connectivity index (χ3n) is 3.62. The highest BCUT2D eigenvalue weighted by atomic mass is 32.2. The van der Waals surface area contributed by atoms with Gasteiger partial charge in [-0.15, -0.1) is 10.2 Å². The number of aromatic nitrogens is 2. The van der Waals surface area contributed by atoms with Crippen molar-refractivity contribution in [2.75, 3.05) is 39.1 Å². The molecule has 1 N–H and O–H groups in total. The molecule has 0 saturated carbocycles. The largest absolute Gasteiger partial charge is 0.375 e. The number of nitrogens with one attached hydrogen (secondary N) is 1. The first kappa shape index (κ1) is 18.2. The third-order valence-corrected chi connectivity index (χ3v) is 5.59. The summed E-state index contributed by atoms with van der Waals surface area (Å²) in [6.07, 6.45) is 1.42. The maximum Gasteiger partial charge on any atom is 0.248 e. The van der Waals surface area contributed by atoms with Gasteiger partial charge in [-0.05, 0) is 19.8 Å². The first-order chi connectivity index (χ1) is 11.1. The van der Waals surface area contributed by atoms with Gasteiger partial charge >= 0.3 is 0 Å². The Balaban J connectivity index is 1.62. The van der Waals surface area contributed by atoms with E-state index in [-0.39, 0.29) is 24.3 Å². The summed E-state index contributed by atoms with van der Waals surface area (Å²) in [5.74, 6) is 0.856. The summed E-state index contributed by atoms with van der Waals surface area (Å²) in [4.78, 5) is 25.6. The summed E-state index contributed by atoms with van der Waals surface area (Å²) in [7, 11) is 1.51. The number of hydrogen-bond acceptors (Lipinski definition) is 7. The van der Waals surface area contributed by atoms with Gasteiger partial charge in [0.2, 0.25) is 11.8 Å². The van der Waals surface area contributed by atoms with Gasteiger partial charge in [0.25, 0.3) is 0 Å². The molecule has 9 heteroatoms. The molecule has 1 fully saturated rings. The zero-order valence-electron chi connectivity index (χ0n) is 13.4. The Morgan fingerprint density at radius 1 is 1.39 bits per heavy atom. The number of nitrogens with zero attached hydrogens (tertiary/aromatic N) is 3. The van der Waals surface area contributed by atoms with Gasteiger partial charge in [-0.1, -0.05) is 23.1 Å². The Morgan fingerprint density at radius 3 is 2.74 bits per heavy atom. The van der Waals surface area contributed by atoms with Gasteiger partial charge in [-0.3, -0.25) is 9.59 Å². The predicted molar refractivity (Wildman–Crippen MR) is 89.6 cm³/mol. The summed E-state index contributed by atoms with van der Waals surface area (Å²) in [5.41, 5.74) is 0. The molecule has 1 aromatic heterocycles. The Bertz CT molecular complexity index is 530. The molecule has 0 radical (unpaired) electrons. The molecule has 128 valence electrons. The van der Waals surface area contributed by atoms with E-state index in [1.165, 1.54) is 7.11 Å². The van der Waals surface area contributed by atoms with Crippen molar-refractivity contribution in [1.82, 2.24) is 20.4 Å². The molecule has 0 bridgehead atoms. The average molecular weight is 358 g/mol. The minimum absolute atomic E-state index is 0.00429. The van der Waals surface area contributed by atoms with Crippen LogP contribution >= 0.6 is 23.1 Å². The van der Waals surface area contributed by atoms with Crippen LogP contribution in [0.25, 0.3) is 0 Å². The van der Waals surface area contributed by atoms with Gasteiger partial charge in [-0.2, -0.15) is 0 Å². The number of thioether (sulfide) groups is 1. The van der Waals surface area contributed by atoms with Crippen LogP contribution < -0.4 is 5.32 Å². The molecule has 0 aromatic carbocycles. The highest BCUT2D eigenvalue weighted by Gasteiger charge is 2.26. The van der Waals surface area contributed by atoms with E-state index in [0.29, 0.717) is 32.5 Å². The van der Waals surface area contributed by atoms with Crippen LogP contribution in [0.1, 0.15) is 17.8 Å². The number of amides is 2. The van der Waals surface area contributed by atoms with Crippen molar-refractivity contribution >= 4 is 34.9 Å². The van der Waals surface area contributed by atoms with E-state index in [0.717, 1.165) is 15.1 Å². The molecule has 1 saturated heterocycles. The minimum Gasteiger partial charge on any atom is -0.375 e. The van der Waals surface area contributed by atoms with E-state index in [1.807, 2.05) is 6.92 Å². The van der Waals surface area contributed by atoms with Crippen molar-refractivity contribution < 1.29 is 14.3 Å². The fourth-order valence-corrected chi connectivity index (χ4v) is 4.14. The van der Waals surface area contributed by atoms with E-state index in [1.54, 1.807) is 28.0 Å². The fraction of sp³-hybridized carbons (Fsp3) is 0.714. The standard InChI is InChI=1S/C14H22N4O3S2/c1-10-16-17-14(23-10)22-8-5-15-13(20)11-3-6-18(7-4-11)12(19)9-21-2/h11H,3-9H2,1-2H3,(H,15,20). The Labute approximate surface area is 144 Å². The number of methoxy groups -OCH3 is 1. The first-order valence-corrected chi connectivity index (χ1v) is 9.37. The van der Waals surface area contributed by atoms with Crippen LogP contribution in [0.15, 0.2) is 4.34 Å². The van der Waals surface area contributed by atoms with Crippen LogP contribution in [0.4, 0.5) is 0 Å². The molecule has 23 heavy (non-hydrogen) atoms. The molecular weight excluding hydrogens is 336 g/mol. The van der Waals surface area contributed by atoms with Crippen molar-refractivity contribution in [3.05, 3.63) is 5.01 Å². The van der Waals surface area contributed by atoms with Crippen LogP contribution in [-0.4, -0.2) is 66.0 Å². The van der Waals surface area contributed by atoms with Gasteiger partial charge in [0.15, 0.2) is 4.34 Å². The normalized spacial score (nSPS) is 15.7. The first-order valence-electron chi connectivity index (χ1n) is 7.57. The highest BCUT2D eigenvalue weighted by Crippen LogP contribution is 2.21. The van der Waals surface area contributed by atoms with Crippen molar-refractivity contribution in [3.8, 4) is 0 Å². The van der Waals surface area contributed by atoms with E-state index in [4.69, 9.17) is 4.74 Å². The van der Waals surface area contributed by atoms with Gasteiger partial charge in [0.1, 0.15) is 11.6 Å². The lowest BCUT2D eigenvalue weighted by molar-refractivity contribution is -0.138. The minimum atomic E-state index is -0.00453. The molecule has 7 nitrogen and oxygen atoms in total. The van der Waals surface area contributed by atoms with Crippen LogP contribution in [-0.2, 0) is 14.3 Å². The number of aryl methyl sites for hydroxylation is 1. The summed E-state index contributed by atoms with van der Waals surface area (Å²) >= 11 is 3.16. The summed E-state index contributed by atoms with van der Waals surface area (Å²) < 4.78 is 5.79. The fourth-order valence-electron chi connectivity index (χ4n) is 2.40. The van der Waals surface area contributed by atoms with Crippen LogP contribution in [0.5, 0.6) is 0 Å². The van der Waals surface area contributed by atoms with E-state index >= 15 is 0 Å².